The standard InChI is InChI=1S/C19H17FO2/c1-3-14(2)19(21)22-18-12-8-16(9-13-18)5-4-15-6-10-17(20)11-7-15/h6-14H,3H2,1-2H3. The van der Waals surface area contributed by atoms with Crippen molar-refractivity contribution in [3.05, 3.63) is 65.5 Å². The molecule has 0 radical (unpaired) electrons. The maximum absolute atomic E-state index is 12.8. The van der Waals surface area contributed by atoms with E-state index in [0.29, 0.717) is 5.75 Å². The largest absolute Gasteiger partial charge is 0.426 e. The van der Waals surface area contributed by atoms with Gasteiger partial charge in [-0.3, -0.25) is 4.79 Å². The van der Waals surface area contributed by atoms with Crippen LogP contribution in [0, 0.1) is 23.6 Å². The predicted molar refractivity (Wildman–Crippen MR) is 83.9 cm³/mol. The molecule has 0 fully saturated rings. The van der Waals surface area contributed by atoms with Gasteiger partial charge in [-0.1, -0.05) is 25.7 Å². The number of hydrogen-bond donors (Lipinski definition) is 0. The summed E-state index contributed by atoms with van der Waals surface area (Å²) in [5, 5.41) is 0. The molecule has 0 amide bonds. The van der Waals surface area contributed by atoms with Crippen molar-refractivity contribution in [2.45, 2.75) is 20.3 Å². The Morgan fingerprint density at radius 2 is 1.55 bits per heavy atom. The molecule has 22 heavy (non-hydrogen) atoms. The van der Waals surface area contributed by atoms with Gasteiger partial charge < -0.3 is 4.74 Å². The first-order valence-electron chi connectivity index (χ1n) is 7.18. The van der Waals surface area contributed by atoms with Crippen LogP contribution in [0.3, 0.4) is 0 Å². The maximum atomic E-state index is 12.8. The second kappa shape index (κ2) is 7.42. The summed E-state index contributed by atoms with van der Waals surface area (Å²) in [5.74, 6) is 5.82. The van der Waals surface area contributed by atoms with Gasteiger partial charge in [-0.2, -0.15) is 0 Å². The topological polar surface area (TPSA) is 26.3 Å². The molecule has 112 valence electrons. The molecule has 0 bridgehead atoms. The molecular weight excluding hydrogens is 279 g/mol. The third kappa shape index (κ3) is 4.46. The summed E-state index contributed by atoms with van der Waals surface area (Å²) < 4.78 is 18.1. The summed E-state index contributed by atoms with van der Waals surface area (Å²) in [6.45, 7) is 3.78. The van der Waals surface area contributed by atoms with Crippen LogP contribution in [-0.2, 0) is 4.79 Å². The molecule has 0 aliphatic rings. The van der Waals surface area contributed by atoms with Gasteiger partial charge in [0, 0.05) is 11.1 Å². The molecule has 0 heterocycles. The van der Waals surface area contributed by atoms with Gasteiger partial charge in [0.05, 0.1) is 5.92 Å². The summed E-state index contributed by atoms with van der Waals surface area (Å²) in [6, 6.07) is 13.0. The predicted octanol–water partition coefficient (Wildman–Crippen LogP) is 4.18. The first-order chi connectivity index (χ1) is 10.6. The fourth-order valence-electron chi connectivity index (χ4n) is 1.67. The van der Waals surface area contributed by atoms with E-state index in [0.717, 1.165) is 17.5 Å². The van der Waals surface area contributed by atoms with E-state index in [9.17, 15) is 9.18 Å². The first kappa shape index (κ1) is 15.8. The number of esters is 1. The van der Waals surface area contributed by atoms with Crippen molar-refractivity contribution in [1.82, 2.24) is 0 Å². The fourth-order valence-corrected chi connectivity index (χ4v) is 1.67. The van der Waals surface area contributed by atoms with Gasteiger partial charge in [0.25, 0.3) is 0 Å². The number of rotatable bonds is 3. The Labute approximate surface area is 129 Å². The second-order valence-corrected chi connectivity index (χ2v) is 5.01. The van der Waals surface area contributed by atoms with Crippen molar-refractivity contribution < 1.29 is 13.9 Å². The zero-order chi connectivity index (χ0) is 15.9. The van der Waals surface area contributed by atoms with E-state index < -0.39 is 0 Å². The zero-order valence-corrected chi connectivity index (χ0v) is 12.6. The van der Waals surface area contributed by atoms with Crippen LogP contribution >= 0.6 is 0 Å². The average Bonchev–Trinajstić information content (AvgIpc) is 2.55. The minimum absolute atomic E-state index is 0.113. The summed E-state index contributed by atoms with van der Waals surface area (Å²) in [5.41, 5.74) is 1.54. The Morgan fingerprint density at radius 1 is 1.05 bits per heavy atom. The van der Waals surface area contributed by atoms with Crippen molar-refractivity contribution in [3.8, 4) is 17.6 Å². The minimum atomic E-state index is -0.280. The number of carbonyl (C=O) groups is 1. The van der Waals surface area contributed by atoms with E-state index in [2.05, 4.69) is 11.8 Å². The average molecular weight is 296 g/mol. The monoisotopic (exact) mass is 296 g/mol. The highest BCUT2D eigenvalue weighted by atomic mass is 19.1. The third-order valence-electron chi connectivity index (χ3n) is 3.28. The van der Waals surface area contributed by atoms with Crippen LogP contribution in [0.5, 0.6) is 5.75 Å². The lowest BCUT2D eigenvalue weighted by molar-refractivity contribution is -0.138. The first-order valence-corrected chi connectivity index (χ1v) is 7.18. The Balaban J connectivity index is 2.03. The van der Waals surface area contributed by atoms with Crippen LogP contribution in [0.4, 0.5) is 4.39 Å². The summed E-state index contributed by atoms with van der Waals surface area (Å²) >= 11 is 0. The van der Waals surface area contributed by atoms with Gasteiger partial charge in [-0.05, 0) is 55.0 Å². The maximum Gasteiger partial charge on any atom is 0.314 e. The highest BCUT2D eigenvalue weighted by Gasteiger charge is 2.12. The lowest BCUT2D eigenvalue weighted by Crippen LogP contribution is -2.16. The Morgan fingerprint density at radius 3 is 2.05 bits per heavy atom. The molecule has 0 saturated carbocycles. The van der Waals surface area contributed by atoms with Crippen molar-refractivity contribution in [2.24, 2.45) is 5.92 Å². The number of ether oxygens (including phenoxy) is 1. The summed E-state index contributed by atoms with van der Waals surface area (Å²) in [6.07, 6.45) is 0.750. The van der Waals surface area contributed by atoms with Gasteiger partial charge in [0.2, 0.25) is 0 Å². The SMILES string of the molecule is CCC(C)C(=O)Oc1ccc(C#Cc2ccc(F)cc2)cc1. The zero-order valence-electron chi connectivity index (χ0n) is 12.6. The van der Waals surface area contributed by atoms with E-state index >= 15 is 0 Å². The normalized spacial score (nSPS) is 11.2. The van der Waals surface area contributed by atoms with Crippen molar-refractivity contribution in [3.63, 3.8) is 0 Å². The molecule has 1 unspecified atom stereocenters. The molecular formula is C19H17FO2. The lowest BCUT2D eigenvalue weighted by atomic mass is 10.1. The highest BCUT2D eigenvalue weighted by Crippen LogP contribution is 2.14. The highest BCUT2D eigenvalue weighted by molar-refractivity contribution is 5.74. The van der Waals surface area contributed by atoms with E-state index in [1.165, 1.54) is 12.1 Å². The van der Waals surface area contributed by atoms with Gasteiger partial charge in [0.15, 0.2) is 0 Å². The van der Waals surface area contributed by atoms with Crippen LogP contribution in [0.25, 0.3) is 0 Å². The summed E-state index contributed by atoms with van der Waals surface area (Å²) in [4.78, 5) is 11.7. The molecule has 0 aliphatic heterocycles. The van der Waals surface area contributed by atoms with Crippen LogP contribution in [0.15, 0.2) is 48.5 Å². The van der Waals surface area contributed by atoms with Gasteiger partial charge in [-0.15, -0.1) is 0 Å². The number of hydrogen-bond acceptors (Lipinski definition) is 2. The van der Waals surface area contributed by atoms with Crippen LogP contribution in [0.2, 0.25) is 0 Å². The van der Waals surface area contributed by atoms with E-state index in [1.54, 1.807) is 36.4 Å². The van der Waals surface area contributed by atoms with E-state index in [-0.39, 0.29) is 17.7 Å². The Hall–Kier alpha value is -2.60. The quantitative estimate of drug-likeness (QED) is 0.482. The number of carbonyl (C=O) groups excluding carboxylic acids is 1. The van der Waals surface area contributed by atoms with Gasteiger partial charge in [-0.25, -0.2) is 4.39 Å². The lowest BCUT2D eigenvalue weighted by Gasteiger charge is -2.08. The molecule has 0 aromatic heterocycles. The molecule has 0 aliphatic carbocycles. The van der Waals surface area contributed by atoms with Gasteiger partial charge >= 0.3 is 5.97 Å². The Kier molecular flexibility index (Phi) is 5.32. The second-order valence-electron chi connectivity index (χ2n) is 5.01. The fraction of sp³-hybridized carbons (Fsp3) is 0.211. The van der Waals surface area contributed by atoms with E-state index in [1.807, 2.05) is 13.8 Å². The molecule has 1 atom stereocenters. The number of benzene rings is 2. The smallest absolute Gasteiger partial charge is 0.314 e. The molecule has 0 spiro atoms. The van der Waals surface area contributed by atoms with Crippen molar-refractivity contribution in [2.75, 3.05) is 0 Å². The van der Waals surface area contributed by atoms with E-state index in [4.69, 9.17) is 4.74 Å². The van der Waals surface area contributed by atoms with Gasteiger partial charge in [0.1, 0.15) is 11.6 Å². The Bertz CT molecular complexity index is 691. The molecule has 2 rings (SSSR count). The molecule has 2 aromatic carbocycles. The van der Waals surface area contributed by atoms with Crippen LogP contribution < -0.4 is 4.74 Å². The third-order valence-corrected chi connectivity index (χ3v) is 3.28. The molecule has 2 aromatic rings. The summed E-state index contributed by atoms with van der Waals surface area (Å²) in [7, 11) is 0. The molecule has 0 N–H and O–H groups in total. The number of halogens is 1. The molecule has 2 nitrogen and oxygen atoms in total. The van der Waals surface area contributed by atoms with Crippen molar-refractivity contribution in [1.29, 1.82) is 0 Å². The minimum Gasteiger partial charge on any atom is -0.426 e. The van der Waals surface area contributed by atoms with Crippen molar-refractivity contribution >= 4 is 5.97 Å². The van der Waals surface area contributed by atoms with Crippen LogP contribution in [-0.4, -0.2) is 5.97 Å². The molecule has 3 heteroatoms. The molecule has 0 saturated heterocycles. The van der Waals surface area contributed by atoms with Crippen LogP contribution in [0.1, 0.15) is 31.4 Å².